The van der Waals surface area contributed by atoms with Gasteiger partial charge in [-0.05, 0) is 54.4 Å². The Kier molecular flexibility index (Phi) is 6.79. The number of rotatable bonds is 7. The van der Waals surface area contributed by atoms with E-state index in [2.05, 4.69) is 10.0 Å². The molecule has 0 atom stereocenters. The monoisotopic (exact) mass is 470 g/mol. The van der Waals surface area contributed by atoms with Gasteiger partial charge in [0.1, 0.15) is 5.82 Å². The Morgan fingerprint density at radius 2 is 1.67 bits per heavy atom. The van der Waals surface area contributed by atoms with Gasteiger partial charge in [-0.25, -0.2) is 12.8 Å². The van der Waals surface area contributed by atoms with Crippen LogP contribution in [-0.4, -0.2) is 34.1 Å². The van der Waals surface area contributed by atoms with Crippen LogP contribution in [0.4, 0.5) is 10.1 Å². The molecule has 0 radical (unpaired) electrons. The van der Waals surface area contributed by atoms with Gasteiger partial charge >= 0.3 is 0 Å². The van der Waals surface area contributed by atoms with Crippen molar-refractivity contribution in [3.63, 3.8) is 0 Å². The molecule has 0 unspecified atom stereocenters. The van der Waals surface area contributed by atoms with E-state index in [1.807, 2.05) is 0 Å². The second-order valence-electron chi connectivity index (χ2n) is 7.44. The highest BCUT2D eigenvalue weighted by molar-refractivity contribution is 7.92. The predicted octanol–water partition coefficient (Wildman–Crippen LogP) is 3.76. The zero-order valence-electron chi connectivity index (χ0n) is 17.7. The van der Waals surface area contributed by atoms with Crippen LogP contribution in [0.5, 0.6) is 11.5 Å². The third-order valence-electron chi connectivity index (χ3n) is 5.07. The van der Waals surface area contributed by atoms with Crippen LogP contribution in [0.1, 0.15) is 22.3 Å². The van der Waals surface area contributed by atoms with Gasteiger partial charge in [0.05, 0.1) is 18.1 Å². The highest BCUT2D eigenvalue weighted by Gasteiger charge is 2.19. The van der Waals surface area contributed by atoms with Crippen LogP contribution in [0.3, 0.4) is 0 Å². The number of amides is 1. The molecule has 3 aromatic carbocycles. The summed E-state index contributed by atoms with van der Waals surface area (Å²) in [6, 6.07) is 16.9. The number of hydrogen-bond acceptors (Lipinski definition) is 5. The molecule has 1 amide bonds. The summed E-state index contributed by atoms with van der Waals surface area (Å²) >= 11 is 0. The quantitative estimate of drug-likeness (QED) is 0.549. The molecule has 7 nitrogen and oxygen atoms in total. The largest absolute Gasteiger partial charge is 0.490 e. The van der Waals surface area contributed by atoms with Gasteiger partial charge in [-0.3, -0.25) is 9.52 Å². The number of hydrogen-bond donors (Lipinski definition) is 2. The molecule has 172 valence electrons. The van der Waals surface area contributed by atoms with Gasteiger partial charge < -0.3 is 14.8 Å². The van der Waals surface area contributed by atoms with E-state index < -0.39 is 10.0 Å². The number of anilines is 1. The fourth-order valence-corrected chi connectivity index (χ4v) is 4.40. The minimum atomic E-state index is -3.86. The smallest absolute Gasteiger partial charge is 0.262 e. The van der Waals surface area contributed by atoms with Gasteiger partial charge in [0.2, 0.25) is 0 Å². The van der Waals surface area contributed by atoms with E-state index in [1.165, 1.54) is 42.5 Å². The van der Waals surface area contributed by atoms with Crippen molar-refractivity contribution in [3.8, 4) is 11.5 Å². The second kappa shape index (κ2) is 9.91. The molecule has 0 bridgehead atoms. The van der Waals surface area contributed by atoms with E-state index in [1.54, 1.807) is 24.3 Å². The lowest BCUT2D eigenvalue weighted by molar-refractivity contribution is 0.0954. The highest BCUT2D eigenvalue weighted by Crippen LogP contribution is 2.32. The summed E-state index contributed by atoms with van der Waals surface area (Å²) in [5, 5.41) is 2.73. The van der Waals surface area contributed by atoms with Crippen LogP contribution in [0.25, 0.3) is 0 Å². The van der Waals surface area contributed by atoms with E-state index in [9.17, 15) is 17.6 Å². The number of nitrogens with one attached hydrogen (secondary N) is 2. The van der Waals surface area contributed by atoms with Gasteiger partial charge in [0.15, 0.2) is 11.5 Å². The first-order valence-electron chi connectivity index (χ1n) is 10.5. The SMILES string of the molecule is O=C(NCCc1ccccc1F)c1ccc(NS(=O)(=O)c2ccc3c(c2)OCCCO3)cc1. The molecule has 0 aromatic heterocycles. The molecule has 0 spiro atoms. The molecule has 2 N–H and O–H groups in total. The minimum Gasteiger partial charge on any atom is -0.490 e. The molecule has 9 heteroatoms. The summed E-state index contributed by atoms with van der Waals surface area (Å²) in [4.78, 5) is 12.4. The zero-order valence-corrected chi connectivity index (χ0v) is 18.5. The lowest BCUT2D eigenvalue weighted by Crippen LogP contribution is -2.25. The summed E-state index contributed by atoms with van der Waals surface area (Å²) in [6.45, 7) is 1.24. The Morgan fingerprint density at radius 1 is 0.939 bits per heavy atom. The Morgan fingerprint density at radius 3 is 2.42 bits per heavy atom. The van der Waals surface area contributed by atoms with Crippen molar-refractivity contribution in [3.05, 3.63) is 83.7 Å². The third-order valence-corrected chi connectivity index (χ3v) is 6.45. The Bertz CT molecular complexity index is 1250. The predicted molar refractivity (Wildman–Crippen MR) is 122 cm³/mol. The number of carbonyl (C=O) groups excluding carboxylic acids is 1. The molecule has 1 heterocycles. The molecular formula is C24H23FN2O5S. The van der Waals surface area contributed by atoms with E-state index in [-0.39, 0.29) is 23.2 Å². The average molecular weight is 471 g/mol. The topological polar surface area (TPSA) is 93.7 Å². The number of benzene rings is 3. The summed E-state index contributed by atoms with van der Waals surface area (Å²) in [5.74, 6) is 0.259. The first-order valence-corrected chi connectivity index (χ1v) is 11.9. The first kappa shape index (κ1) is 22.6. The first-order chi connectivity index (χ1) is 15.9. The maximum atomic E-state index is 13.7. The highest BCUT2D eigenvalue weighted by atomic mass is 32.2. The third kappa shape index (κ3) is 5.61. The maximum Gasteiger partial charge on any atom is 0.262 e. The minimum absolute atomic E-state index is 0.0433. The summed E-state index contributed by atoms with van der Waals surface area (Å²) < 4.78 is 52.8. The Balaban J connectivity index is 1.37. The van der Waals surface area contributed by atoms with Gasteiger partial charge in [-0.2, -0.15) is 0 Å². The number of ether oxygens (including phenoxy) is 2. The van der Waals surface area contributed by atoms with Crippen LogP contribution in [0, 0.1) is 5.82 Å². The van der Waals surface area contributed by atoms with Crippen LogP contribution in [0.2, 0.25) is 0 Å². The molecule has 1 aliphatic rings. The molecule has 1 aliphatic heterocycles. The summed E-state index contributed by atoms with van der Waals surface area (Å²) in [7, 11) is -3.86. The van der Waals surface area contributed by atoms with Gasteiger partial charge in [-0.1, -0.05) is 18.2 Å². The lowest BCUT2D eigenvalue weighted by atomic mass is 10.1. The standard InChI is InChI=1S/C24H23FN2O5S/c25-21-5-2-1-4-17(21)12-13-26-24(28)18-6-8-19(9-7-18)27-33(29,30)20-10-11-22-23(16-20)32-15-3-14-31-22/h1-2,4-11,16,27H,3,12-15H2,(H,26,28). The van der Waals surface area contributed by atoms with Crippen LogP contribution < -0.4 is 19.5 Å². The molecule has 0 fully saturated rings. The molecule has 0 saturated carbocycles. The van der Waals surface area contributed by atoms with E-state index in [4.69, 9.17) is 9.47 Å². The van der Waals surface area contributed by atoms with Gasteiger partial charge in [-0.15, -0.1) is 0 Å². The van der Waals surface area contributed by atoms with Crippen molar-refractivity contribution in [1.29, 1.82) is 0 Å². The van der Waals surface area contributed by atoms with Crippen molar-refractivity contribution in [2.24, 2.45) is 0 Å². The fraction of sp³-hybridized carbons (Fsp3) is 0.208. The zero-order chi connectivity index (χ0) is 23.3. The van der Waals surface area contributed by atoms with E-state index in [0.29, 0.717) is 47.9 Å². The van der Waals surface area contributed by atoms with Gasteiger partial charge in [0, 0.05) is 30.3 Å². The number of carbonyl (C=O) groups is 1. The van der Waals surface area contributed by atoms with Gasteiger partial charge in [0.25, 0.3) is 15.9 Å². The van der Waals surface area contributed by atoms with Crippen molar-refractivity contribution in [2.75, 3.05) is 24.5 Å². The molecule has 0 aliphatic carbocycles. The molecule has 33 heavy (non-hydrogen) atoms. The summed E-state index contributed by atoms with van der Waals surface area (Å²) in [5.41, 5.74) is 1.20. The maximum absolute atomic E-state index is 13.7. The Labute approximate surface area is 191 Å². The van der Waals surface area contributed by atoms with Crippen molar-refractivity contribution >= 4 is 21.6 Å². The van der Waals surface area contributed by atoms with Crippen LogP contribution in [-0.2, 0) is 16.4 Å². The summed E-state index contributed by atoms with van der Waals surface area (Å²) in [6.07, 6.45) is 1.09. The molecule has 0 saturated heterocycles. The molecule has 3 aromatic rings. The second-order valence-corrected chi connectivity index (χ2v) is 9.12. The normalized spacial score (nSPS) is 13.1. The Hall–Kier alpha value is -3.59. The number of sulfonamides is 1. The molecular weight excluding hydrogens is 447 g/mol. The van der Waals surface area contributed by atoms with Crippen LogP contribution in [0.15, 0.2) is 71.6 Å². The van der Waals surface area contributed by atoms with E-state index in [0.717, 1.165) is 6.42 Å². The lowest BCUT2D eigenvalue weighted by Gasteiger charge is -2.12. The molecule has 4 rings (SSSR count). The van der Waals surface area contributed by atoms with Crippen molar-refractivity contribution < 1.29 is 27.1 Å². The van der Waals surface area contributed by atoms with E-state index >= 15 is 0 Å². The van der Waals surface area contributed by atoms with Crippen LogP contribution >= 0.6 is 0 Å². The average Bonchev–Trinajstić information content (AvgIpc) is 3.05. The van der Waals surface area contributed by atoms with Crippen molar-refractivity contribution in [2.45, 2.75) is 17.7 Å². The fourth-order valence-electron chi connectivity index (χ4n) is 3.33. The van der Waals surface area contributed by atoms with Crippen molar-refractivity contribution in [1.82, 2.24) is 5.32 Å². The number of halogens is 1. The number of fused-ring (bicyclic) bond motifs is 1.